The zero-order chi connectivity index (χ0) is 17.7. The van der Waals surface area contributed by atoms with Gasteiger partial charge in [-0.15, -0.1) is 0 Å². The molecule has 0 aliphatic carbocycles. The predicted molar refractivity (Wildman–Crippen MR) is 86.4 cm³/mol. The van der Waals surface area contributed by atoms with E-state index in [1.807, 2.05) is 0 Å². The Bertz CT molecular complexity index is 788. The van der Waals surface area contributed by atoms with E-state index < -0.39 is 23.8 Å². The number of carbonyl (C=O) groups excluding carboxylic acids is 3. The van der Waals surface area contributed by atoms with Crippen molar-refractivity contribution in [3.63, 3.8) is 0 Å². The molecule has 0 saturated carbocycles. The summed E-state index contributed by atoms with van der Waals surface area (Å²) in [5.74, 6) is -2.36. The van der Waals surface area contributed by atoms with Crippen molar-refractivity contribution in [2.45, 2.75) is 20.0 Å². The lowest BCUT2D eigenvalue weighted by atomic mass is 10.1. The van der Waals surface area contributed by atoms with Crippen LogP contribution in [0.1, 0.15) is 34.6 Å². The van der Waals surface area contributed by atoms with Gasteiger partial charge in [0.1, 0.15) is 5.82 Å². The SMILES string of the molecule is CC(=O)c1cccc(NC(=O)C(C)OC(=O)c2ccccc2F)c1. The second-order valence-corrected chi connectivity index (χ2v) is 5.15. The lowest BCUT2D eigenvalue weighted by Crippen LogP contribution is -2.30. The Kier molecular flexibility index (Phi) is 5.42. The highest BCUT2D eigenvalue weighted by Gasteiger charge is 2.21. The van der Waals surface area contributed by atoms with Crippen molar-refractivity contribution in [1.29, 1.82) is 0 Å². The number of hydrogen-bond acceptors (Lipinski definition) is 4. The van der Waals surface area contributed by atoms with Crippen LogP contribution >= 0.6 is 0 Å². The highest BCUT2D eigenvalue weighted by molar-refractivity contribution is 5.99. The zero-order valence-electron chi connectivity index (χ0n) is 13.2. The average Bonchev–Trinajstić information content (AvgIpc) is 2.55. The van der Waals surface area contributed by atoms with Gasteiger partial charge in [-0.2, -0.15) is 0 Å². The molecule has 0 radical (unpaired) electrons. The molecule has 0 spiro atoms. The number of halogens is 1. The molecule has 124 valence electrons. The lowest BCUT2D eigenvalue weighted by Gasteiger charge is -2.14. The molecule has 0 bridgehead atoms. The number of anilines is 1. The van der Waals surface area contributed by atoms with Crippen molar-refractivity contribution in [3.05, 3.63) is 65.5 Å². The number of ether oxygens (including phenoxy) is 1. The number of ketones is 1. The number of nitrogens with one attached hydrogen (secondary N) is 1. The summed E-state index contributed by atoms with van der Waals surface area (Å²) in [6, 6.07) is 11.7. The first kappa shape index (κ1) is 17.3. The molecule has 6 heteroatoms. The van der Waals surface area contributed by atoms with Gasteiger partial charge in [0.15, 0.2) is 11.9 Å². The summed E-state index contributed by atoms with van der Waals surface area (Å²) in [5.41, 5.74) is 0.612. The fraction of sp³-hybridized carbons (Fsp3) is 0.167. The van der Waals surface area contributed by atoms with Crippen LogP contribution in [0.4, 0.5) is 10.1 Å². The largest absolute Gasteiger partial charge is 0.449 e. The number of esters is 1. The van der Waals surface area contributed by atoms with Crippen LogP contribution in [0.25, 0.3) is 0 Å². The molecule has 0 heterocycles. The van der Waals surface area contributed by atoms with Gasteiger partial charge in [-0.1, -0.05) is 24.3 Å². The van der Waals surface area contributed by atoms with Crippen LogP contribution in [0.3, 0.4) is 0 Å². The molecule has 2 aromatic rings. The normalized spacial score (nSPS) is 11.5. The standard InChI is InChI=1S/C18H16FNO4/c1-11(21)13-6-5-7-14(10-13)20-17(22)12(2)24-18(23)15-8-3-4-9-16(15)19/h3-10,12H,1-2H3,(H,20,22). The highest BCUT2D eigenvalue weighted by Crippen LogP contribution is 2.13. The zero-order valence-corrected chi connectivity index (χ0v) is 13.2. The molecule has 0 aromatic heterocycles. The maximum Gasteiger partial charge on any atom is 0.341 e. The minimum atomic E-state index is -1.13. The molecule has 0 fully saturated rings. The van der Waals surface area contributed by atoms with Gasteiger partial charge in [-0.25, -0.2) is 9.18 Å². The van der Waals surface area contributed by atoms with E-state index >= 15 is 0 Å². The van der Waals surface area contributed by atoms with Crippen molar-refractivity contribution in [3.8, 4) is 0 Å². The van der Waals surface area contributed by atoms with Crippen LogP contribution in [0.5, 0.6) is 0 Å². The molecule has 24 heavy (non-hydrogen) atoms. The topological polar surface area (TPSA) is 72.5 Å². The van der Waals surface area contributed by atoms with Crippen LogP contribution in [0.2, 0.25) is 0 Å². The Hall–Kier alpha value is -3.02. The smallest absolute Gasteiger partial charge is 0.341 e. The van der Waals surface area contributed by atoms with Crippen molar-refractivity contribution >= 4 is 23.3 Å². The number of Topliss-reactive ketones (excluding diaryl/α,β-unsaturated/α-hetero) is 1. The van der Waals surface area contributed by atoms with E-state index in [1.54, 1.807) is 18.2 Å². The fourth-order valence-electron chi connectivity index (χ4n) is 1.96. The quantitative estimate of drug-likeness (QED) is 0.675. The minimum Gasteiger partial charge on any atom is -0.449 e. The molecule has 1 amide bonds. The maximum absolute atomic E-state index is 13.5. The van der Waals surface area contributed by atoms with Gasteiger partial charge < -0.3 is 10.1 Å². The molecule has 0 aliphatic rings. The average molecular weight is 329 g/mol. The maximum atomic E-state index is 13.5. The van der Waals surface area contributed by atoms with Crippen molar-refractivity contribution in [1.82, 2.24) is 0 Å². The summed E-state index contributed by atoms with van der Waals surface area (Å²) in [6.45, 7) is 2.79. The van der Waals surface area contributed by atoms with Gasteiger partial charge in [0.2, 0.25) is 0 Å². The second-order valence-electron chi connectivity index (χ2n) is 5.15. The Morgan fingerprint density at radius 1 is 1.08 bits per heavy atom. The summed E-state index contributed by atoms with van der Waals surface area (Å²) < 4.78 is 18.5. The molecule has 0 aliphatic heterocycles. The van der Waals surface area contributed by atoms with E-state index in [0.717, 1.165) is 6.07 Å². The summed E-state index contributed by atoms with van der Waals surface area (Å²) >= 11 is 0. The number of hydrogen-bond donors (Lipinski definition) is 1. The molecular formula is C18H16FNO4. The highest BCUT2D eigenvalue weighted by atomic mass is 19.1. The molecule has 1 N–H and O–H groups in total. The summed E-state index contributed by atoms with van der Waals surface area (Å²) in [7, 11) is 0. The van der Waals surface area contributed by atoms with Crippen molar-refractivity contribution in [2.75, 3.05) is 5.32 Å². The van der Waals surface area contributed by atoms with Crippen LogP contribution in [-0.4, -0.2) is 23.8 Å². The Morgan fingerprint density at radius 2 is 1.79 bits per heavy atom. The van der Waals surface area contributed by atoms with E-state index in [1.165, 1.54) is 38.1 Å². The summed E-state index contributed by atoms with van der Waals surface area (Å²) in [5, 5.41) is 2.55. The van der Waals surface area contributed by atoms with Gasteiger partial charge in [0.25, 0.3) is 5.91 Å². The van der Waals surface area contributed by atoms with Gasteiger partial charge in [-0.3, -0.25) is 9.59 Å². The third-order valence-electron chi connectivity index (χ3n) is 3.28. The third-order valence-corrected chi connectivity index (χ3v) is 3.28. The molecular weight excluding hydrogens is 313 g/mol. The van der Waals surface area contributed by atoms with Crippen LogP contribution in [0, 0.1) is 5.82 Å². The third kappa shape index (κ3) is 4.25. The van der Waals surface area contributed by atoms with Gasteiger partial charge in [0, 0.05) is 11.3 Å². The predicted octanol–water partition coefficient (Wildman–Crippen LogP) is 3.21. The fourth-order valence-corrected chi connectivity index (χ4v) is 1.96. The molecule has 0 saturated heterocycles. The van der Waals surface area contributed by atoms with E-state index in [0.29, 0.717) is 11.3 Å². The molecule has 5 nitrogen and oxygen atoms in total. The van der Waals surface area contributed by atoms with Crippen LogP contribution < -0.4 is 5.32 Å². The number of carbonyl (C=O) groups is 3. The summed E-state index contributed by atoms with van der Waals surface area (Å²) in [4.78, 5) is 35.3. The Balaban J connectivity index is 2.02. The summed E-state index contributed by atoms with van der Waals surface area (Å²) in [6.07, 6.45) is -1.13. The first-order chi connectivity index (χ1) is 11.4. The molecule has 2 aromatic carbocycles. The molecule has 2 rings (SSSR count). The second kappa shape index (κ2) is 7.50. The number of amides is 1. The first-order valence-corrected chi connectivity index (χ1v) is 7.26. The van der Waals surface area contributed by atoms with Crippen LogP contribution in [-0.2, 0) is 9.53 Å². The van der Waals surface area contributed by atoms with E-state index in [-0.39, 0.29) is 11.3 Å². The van der Waals surface area contributed by atoms with Crippen molar-refractivity contribution in [2.24, 2.45) is 0 Å². The van der Waals surface area contributed by atoms with E-state index in [9.17, 15) is 18.8 Å². The van der Waals surface area contributed by atoms with E-state index in [2.05, 4.69) is 5.32 Å². The van der Waals surface area contributed by atoms with E-state index in [4.69, 9.17) is 4.74 Å². The lowest BCUT2D eigenvalue weighted by molar-refractivity contribution is -0.123. The monoisotopic (exact) mass is 329 g/mol. The minimum absolute atomic E-state index is 0.134. The molecule has 1 atom stereocenters. The van der Waals surface area contributed by atoms with Crippen molar-refractivity contribution < 1.29 is 23.5 Å². The first-order valence-electron chi connectivity index (χ1n) is 7.26. The number of rotatable bonds is 5. The van der Waals surface area contributed by atoms with Gasteiger partial charge in [0.05, 0.1) is 5.56 Å². The van der Waals surface area contributed by atoms with Gasteiger partial charge in [-0.05, 0) is 38.1 Å². The molecule has 1 unspecified atom stereocenters. The van der Waals surface area contributed by atoms with Gasteiger partial charge >= 0.3 is 5.97 Å². The number of benzene rings is 2. The van der Waals surface area contributed by atoms with Crippen LogP contribution in [0.15, 0.2) is 48.5 Å². The Morgan fingerprint density at radius 3 is 2.46 bits per heavy atom. The Labute approximate surface area is 138 Å².